The molecule has 2 aromatic carbocycles. The van der Waals surface area contributed by atoms with Crippen molar-refractivity contribution in [3.05, 3.63) is 78.1 Å². The molecule has 2 heterocycles. The molecule has 2 aromatic heterocycles. The lowest BCUT2D eigenvalue weighted by atomic mass is 10.1. The molecule has 130 valence electrons. The second-order valence-corrected chi connectivity index (χ2v) is 6.03. The molecule has 26 heavy (non-hydrogen) atoms. The van der Waals surface area contributed by atoms with Crippen LogP contribution >= 0.6 is 0 Å². The zero-order valence-corrected chi connectivity index (χ0v) is 14.5. The average Bonchev–Trinajstić information content (AvgIpc) is 3.27. The Bertz CT molecular complexity index is 1050. The Morgan fingerprint density at radius 1 is 1.12 bits per heavy atom. The van der Waals surface area contributed by atoms with Crippen LogP contribution in [0.2, 0.25) is 0 Å². The van der Waals surface area contributed by atoms with Crippen molar-refractivity contribution in [1.82, 2.24) is 14.8 Å². The molecular weight excluding hydrogens is 326 g/mol. The summed E-state index contributed by atoms with van der Waals surface area (Å²) >= 11 is 0. The second kappa shape index (κ2) is 6.88. The van der Waals surface area contributed by atoms with Gasteiger partial charge in [0.25, 0.3) is 0 Å². The quantitative estimate of drug-likeness (QED) is 0.550. The van der Waals surface area contributed by atoms with Crippen LogP contribution in [0.4, 0.5) is 0 Å². The summed E-state index contributed by atoms with van der Waals surface area (Å²) in [6.07, 6.45) is 1.93. The summed E-state index contributed by atoms with van der Waals surface area (Å²) in [5.41, 5.74) is 4.29. The minimum absolute atomic E-state index is 0.331. The minimum Gasteiger partial charge on any atom is -0.461 e. The van der Waals surface area contributed by atoms with Crippen molar-refractivity contribution >= 4 is 16.9 Å². The highest BCUT2D eigenvalue weighted by molar-refractivity contribution is 5.96. The zero-order chi connectivity index (χ0) is 17.9. The summed E-state index contributed by atoms with van der Waals surface area (Å²) in [7, 11) is 0. The van der Waals surface area contributed by atoms with Crippen LogP contribution in [0.1, 0.15) is 23.0 Å². The van der Waals surface area contributed by atoms with Gasteiger partial charge in [-0.25, -0.2) is 4.79 Å². The van der Waals surface area contributed by atoms with Crippen molar-refractivity contribution in [3.8, 4) is 11.3 Å². The predicted molar refractivity (Wildman–Crippen MR) is 101 cm³/mol. The van der Waals surface area contributed by atoms with Gasteiger partial charge in [-0.15, -0.1) is 0 Å². The van der Waals surface area contributed by atoms with E-state index in [9.17, 15) is 4.79 Å². The monoisotopic (exact) mass is 345 g/mol. The van der Waals surface area contributed by atoms with Crippen LogP contribution in [-0.2, 0) is 11.3 Å². The minimum atomic E-state index is -0.359. The van der Waals surface area contributed by atoms with Crippen molar-refractivity contribution in [1.29, 1.82) is 0 Å². The number of hydrogen-bond donors (Lipinski definition) is 1. The van der Waals surface area contributed by atoms with Gasteiger partial charge in [-0.05, 0) is 24.6 Å². The third-order valence-electron chi connectivity index (χ3n) is 4.30. The van der Waals surface area contributed by atoms with Gasteiger partial charge in [-0.3, -0.25) is 4.68 Å². The van der Waals surface area contributed by atoms with Crippen LogP contribution < -0.4 is 0 Å². The first kappa shape index (κ1) is 16.1. The van der Waals surface area contributed by atoms with E-state index in [2.05, 4.69) is 4.98 Å². The Morgan fingerprint density at radius 3 is 2.69 bits per heavy atom. The fourth-order valence-electron chi connectivity index (χ4n) is 3.08. The van der Waals surface area contributed by atoms with E-state index in [1.165, 1.54) is 0 Å². The molecule has 0 unspecified atom stereocenters. The summed E-state index contributed by atoms with van der Waals surface area (Å²) in [6, 6.07) is 19.8. The molecular formula is C21H19N3O2. The highest BCUT2D eigenvalue weighted by atomic mass is 16.5. The molecule has 0 radical (unpaired) electrons. The molecule has 4 aromatic rings. The number of ether oxygens (including phenoxy) is 1. The Hall–Kier alpha value is -3.34. The fraction of sp³-hybridized carbons (Fsp3) is 0.143. The highest BCUT2D eigenvalue weighted by Gasteiger charge is 2.19. The Balaban J connectivity index is 1.79. The Labute approximate surface area is 151 Å². The van der Waals surface area contributed by atoms with Crippen LogP contribution in [-0.4, -0.2) is 27.3 Å². The molecule has 5 nitrogen and oxygen atoms in total. The van der Waals surface area contributed by atoms with Crippen molar-refractivity contribution in [2.24, 2.45) is 0 Å². The van der Waals surface area contributed by atoms with E-state index in [4.69, 9.17) is 9.84 Å². The number of carbonyl (C=O) groups excluding carboxylic acids is 1. The normalized spacial score (nSPS) is 11.0. The molecule has 0 atom stereocenters. The Kier molecular flexibility index (Phi) is 4.27. The number of aromatic nitrogens is 3. The lowest BCUT2D eigenvalue weighted by Gasteiger charge is -2.06. The van der Waals surface area contributed by atoms with E-state index in [-0.39, 0.29) is 5.97 Å². The van der Waals surface area contributed by atoms with Gasteiger partial charge >= 0.3 is 5.97 Å². The molecule has 0 fully saturated rings. The van der Waals surface area contributed by atoms with Gasteiger partial charge in [0.2, 0.25) is 0 Å². The lowest BCUT2D eigenvalue weighted by molar-refractivity contribution is 0.0512. The van der Waals surface area contributed by atoms with Crippen LogP contribution in [0.25, 0.3) is 22.2 Å². The molecule has 5 heteroatoms. The maximum Gasteiger partial charge on any atom is 0.356 e. The van der Waals surface area contributed by atoms with E-state index in [1.54, 1.807) is 17.7 Å². The summed E-state index contributed by atoms with van der Waals surface area (Å²) in [5.74, 6) is -0.359. The van der Waals surface area contributed by atoms with E-state index >= 15 is 0 Å². The molecule has 0 spiro atoms. The van der Waals surface area contributed by atoms with Crippen LogP contribution in [0.3, 0.4) is 0 Å². The predicted octanol–water partition coefficient (Wildman–Crippen LogP) is 4.26. The number of hydrogen-bond acceptors (Lipinski definition) is 3. The molecule has 0 bridgehead atoms. The number of nitrogens with zero attached hydrogens (tertiary/aromatic N) is 2. The molecule has 0 saturated carbocycles. The summed E-state index contributed by atoms with van der Waals surface area (Å²) in [6.45, 7) is 2.64. The van der Waals surface area contributed by atoms with E-state index < -0.39 is 0 Å². The summed E-state index contributed by atoms with van der Waals surface area (Å²) in [5, 5.41) is 5.77. The van der Waals surface area contributed by atoms with Crippen molar-refractivity contribution in [2.75, 3.05) is 6.61 Å². The number of H-pyrrole nitrogens is 1. The molecule has 4 rings (SSSR count). The molecule has 0 amide bonds. The lowest BCUT2D eigenvalue weighted by Crippen LogP contribution is -2.14. The van der Waals surface area contributed by atoms with Gasteiger partial charge in [0.15, 0.2) is 0 Å². The first-order chi connectivity index (χ1) is 12.8. The van der Waals surface area contributed by atoms with Gasteiger partial charge in [-0.1, -0.05) is 48.5 Å². The van der Waals surface area contributed by atoms with Gasteiger partial charge in [0.05, 0.1) is 18.8 Å². The number of aromatic amines is 1. The van der Waals surface area contributed by atoms with Gasteiger partial charge in [-0.2, -0.15) is 5.10 Å². The molecule has 1 N–H and O–H groups in total. The first-order valence-electron chi connectivity index (χ1n) is 8.61. The smallest absolute Gasteiger partial charge is 0.356 e. The largest absolute Gasteiger partial charge is 0.461 e. The average molecular weight is 345 g/mol. The third-order valence-corrected chi connectivity index (χ3v) is 4.30. The first-order valence-corrected chi connectivity index (χ1v) is 8.61. The SMILES string of the molecule is CCOC(=O)c1cc(-c2c[nH]c3ccccc23)nn1Cc1ccccc1. The number of carbonyl (C=O) groups is 1. The topological polar surface area (TPSA) is 59.9 Å². The highest BCUT2D eigenvalue weighted by Crippen LogP contribution is 2.28. The van der Waals surface area contributed by atoms with Crippen LogP contribution in [0.5, 0.6) is 0 Å². The van der Waals surface area contributed by atoms with Crippen LogP contribution in [0, 0.1) is 0 Å². The number of fused-ring (bicyclic) bond motifs is 1. The maximum atomic E-state index is 12.4. The molecule has 0 aliphatic carbocycles. The van der Waals surface area contributed by atoms with E-state index in [1.807, 2.05) is 60.8 Å². The third kappa shape index (κ3) is 2.99. The fourth-order valence-corrected chi connectivity index (χ4v) is 3.08. The molecule has 0 saturated heterocycles. The number of rotatable bonds is 5. The van der Waals surface area contributed by atoms with Gasteiger partial charge in [0, 0.05) is 22.7 Å². The van der Waals surface area contributed by atoms with Crippen molar-refractivity contribution in [2.45, 2.75) is 13.5 Å². The van der Waals surface area contributed by atoms with Gasteiger partial charge < -0.3 is 9.72 Å². The zero-order valence-electron chi connectivity index (χ0n) is 14.5. The molecule has 0 aliphatic heterocycles. The summed E-state index contributed by atoms with van der Waals surface area (Å²) < 4.78 is 6.93. The van der Waals surface area contributed by atoms with E-state index in [0.717, 1.165) is 27.7 Å². The summed E-state index contributed by atoms with van der Waals surface area (Å²) in [4.78, 5) is 15.7. The van der Waals surface area contributed by atoms with Crippen LogP contribution in [0.15, 0.2) is 66.9 Å². The van der Waals surface area contributed by atoms with Crippen molar-refractivity contribution in [3.63, 3.8) is 0 Å². The molecule has 0 aliphatic rings. The maximum absolute atomic E-state index is 12.4. The van der Waals surface area contributed by atoms with E-state index in [0.29, 0.717) is 18.8 Å². The number of nitrogens with one attached hydrogen (secondary N) is 1. The number of esters is 1. The van der Waals surface area contributed by atoms with Crippen molar-refractivity contribution < 1.29 is 9.53 Å². The van der Waals surface area contributed by atoms with Gasteiger partial charge in [0.1, 0.15) is 5.69 Å². The number of para-hydroxylation sites is 1. The second-order valence-electron chi connectivity index (χ2n) is 6.03. The number of benzene rings is 2. The Morgan fingerprint density at radius 2 is 1.88 bits per heavy atom. The standard InChI is InChI=1S/C21H19N3O2/c1-2-26-21(25)20-12-19(17-13-22-18-11-7-6-10-16(17)18)23-24(20)14-15-8-4-3-5-9-15/h3-13,22H,2,14H2,1H3.